The highest BCUT2D eigenvalue weighted by Gasteiger charge is 2.43. The Labute approximate surface area is 190 Å². The molecule has 10 nitrogen and oxygen atoms in total. The number of carbonyl (C=O) groups excluding carboxylic acids is 1. The molecule has 0 spiro atoms. The Morgan fingerprint density at radius 3 is 2.82 bits per heavy atom. The molecule has 2 aromatic heterocycles. The van der Waals surface area contributed by atoms with Gasteiger partial charge in [-0.15, -0.1) is 0 Å². The number of aromatic nitrogens is 3. The van der Waals surface area contributed by atoms with Gasteiger partial charge in [-0.2, -0.15) is 5.10 Å². The summed E-state index contributed by atoms with van der Waals surface area (Å²) in [7, 11) is 0. The highest BCUT2D eigenvalue weighted by molar-refractivity contribution is 6.09. The van der Waals surface area contributed by atoms with Crippen LogP contribution in [0.1, 0.15) is 42.1 Å². The Bertz CT molecular complexity index is 1230. The molecule has 1 atom stereocenters. The summed E-state index contributed by atoms with van der Waals surface area (Å²) in [6.07, 6.45) is 4.79. The topological polar surface area (TPSA) is 118 Å². The summed E-state index contributed by atoms with van der Waals surface area (Å²) in [4.78, 5) is 31.1. The number of morpholine rings is 1. The van der Waals surface area contributed by atoms with E-state index in [1.54, 1.807) is 29.0 Å². The van der Waals surface area contributed by atoms with Gasteiger partial charge < -0.3 is 24.8 Å². The third-order valence-electron chi connectivity index (χ3n) is 6.22. The molecule has 0 bridgehead atoms. The normalized spacial score (nSPS) is 19.2. The number of nitrogens with one attached hydrogen (secondary N) is 1. The zero-order valence-electron chi connectivity index (χ0n) is 18.4. The van der Waals surface area contributed by atoms with Crippen LogP contribution in [0.4, 0.5) is 11.4 Å². The zero-order valence-corrected chi connectivity index (χ0v) is 18.4. The molecule has 0 aliphatic carbocycles. The van der Waals surface area contributed by atoms with E-state index >= 15 is 0 Å². The van der Waals surface area contributed by atoms with Crippen LogP contribution in [0.2, 0.25) is 0 Å². The monoisotopic (exact) mass is 451 g/mol. The lowest BCUT2D eigenvalue weighted by atomic mass is 9.84. The van der Waals surface area contributed by atoms with E-state index in [1.807, 2.05) is 19.9 Å². The number of carbonyl (C=O) groups is 2. The first-order valence-corrected chi connectivity index (χ1v) is 10.8. The van der Waals surface area contributed by atoms with Gasteiger partial charge in [0.15, 0.2) is 5.65 Å². The predicted molar refractivity (Wildman–Crippen MR) is 120 cm³/mol. The van der Waals surface area contributed by atoms with Gasteiger partial charge in [-0.3, -0.25) is 9.59 Å². The van der Waals surface area contributed by atoms with Gasteiger partial charge in [0.05, 0.1) is 37.2 Å². The molecule has 2 aliphatic heterocycles. The number of fused-ring (bicyclic) bond motifs is 2. The smallest absolute Gasteiger partial charge is 0.304 e. The van der Waals surface area contributed by atoms with Gasteiger partial charge in [0.2, 0.25) is 0 Å². The van der Waals surface area contributed by atoms with Crippen LogP contribution >= 0.6 is 0 Å². The summed E-state index contributed by atoms with van der Waals surface area (Å²) >= 11 is 0. The Hall–Kier alpha value is -3.66. The summed E-state index contributed by atoms with van der Waals surface area (Å²) in [5.74, 6) is -0.942. The molecule has 0 radical (unpaired) electrons. The van der Waals surface area contributed by atoms with E-state index in [-0.39, 0.29) is 18.2 Å². The molecule has 2 N–H and O–H groups in total. The van der Waals surface area contributed by atoms with Crippen molar-refractivity contribution in [3.63, 3.8) is 0 Å². The maximum absolute atomic E-state index is 13.2. The summed E-state index contributed by atoms with van der Waals surface area (Å²) in [6.45, 7) is 6.24. The van der Waals surface area contributed by atoms with Crippen LogP contribution < -0.4 is 15.0 Å². The number of aliphatic carboxylic acids is 1. The van der Waals surface area contributed by atoms with Crippen molar-refractivity contribution in [2.75, 3.05) is 36.5 Å². The van der Waals surface area contributed by atoms with Crippen molar-refractivity contribution in [1.82, 2.24) is 14.6 Å². The summed E-state index contributed by atoms with van der Waals surface area (Å²) in [5, 5.41) is 16.7. The lowest BCUT2D eigenvalue weighted by Gasteiger charge is -2.31. The summed E-state index contributed by atoms with van der Waals surface area (Å²) in [5.41, 5.74) is 2.36. The minimum absolute atomic E-state index is 0.0394. The van der Waals surface area contributed by atoms with Gasteiger partial charge in [-0.1, -0.05) is 0 Å². The van der Waals surface area contributed by atoms with Crippen LogP contribution in [0.5, 0.6) is 5.75 Å². The number of anilines is 2. The Morgan fingerprint density at radius 2 is 2.06 bits per heavy atom. The van der Waals surface area contributed by atoms with Crippen molar-refractivity contribution in [1.29, 1.82) is 0 Å². The lowest BCUT2D eigenvalue weighted by molar-refractivity contribution is -0.138. The van der Waals surface area contributed by atoms with E-state index in [0.29, 0.717) is 49.0 Å². The van der Waals surface area contributed by atoms with Gasteiger partial charge in [-0.25, -0.2) is 9.50 Å². The molecule has 172 valence electrons. The van der Waals surface area contributed by atoms with Crippen LogP contribution in [0, 0.1) is 0 Å². The van der Waals surface area contributed by atoms with Crippen molar-refractivity contribution in [3.05, 3.63) is 47.9 Å². The number of carboxylic acid groups (broad SMARTS) is 1. The second kappa shape index (κ2) is 8.04. The summed E-state index contributed by atoms with van der Waals surface area (Å²) < 4.78 is 13.2. The average molecular weight is 451 g/mol. The molecule has 3 aromatic rings. The van der Waals surface area contributed by atoms with Gasteiger partial charge >= 0.3 is 5.97 Å². The Kier molecular flexibility index (Phi) is 5.16. The number of nitrogens with zero attached hydrogens (tertiary/aromatic N) is 4. The van der Waals surface area contributed by atoms with Crippen LogP contribution in [0.15, 0.2) is 36.8 Å². The minimum Gasteiger partial charge on any atom is -0.487 e. The fourth-order valence-corrected chi connectivity index (χ4v) is 4.55. The second-order valence-corrected chi connectivity index (χ2v) is 8.76. The molecule has 4 heterocycles. The first-order chi connectivity index (χ1) is 15.8. The van der Waals surface area contributed by atoms with Crippen molar-refractivity contribution >= 4 is 28.9 Å². The summed E-state index contributed by atoms with van der Waals surface area (Å²) in [6, 6.07) is 5.49. The quantitative estimate of drug-likeness (QED) is 0.608. The predicted octanol–water partition coefficient (Wildman–Crippen LogP) is 2.55. The van der Waals surface area contributed by atoms with Gasteiger partial charge in [-0.05, 0) is 26.0 Å². The molecule has 10 heteroatoms. The molecule has 1 aromatic carbocycles. The van der Waals surface area contributed by atoms with Crippen LogP contribution in [0.25, 0.3) is 5.65 Å². The highest BCUT2D eigenvalue weighted by atomic mass is 16.5. The highest BCUT2D eigenvalue weighted by Crippen LogP contribution is 2.50. The van der Waals surface area contributed by atoms with Crippen molar-refractivity contribution in [2.45, 2.75) is 31.8 Å². The molecular weight excluding hydrogens is 426 g/mol. The molecule has 0 saturated carbocycles. The maximum Gasteiger partial charge on any atom is 0.304 e. The standard InChI is InChI=1S/C23H25N5O5/c1-23(2)16(11-20(29)30)14-10-18(27-6-8-32-9-7-27)17(12-19(14)33-23)26-22(31)15-13-25-28-5-3-4-24-21(15)28/h3-5,10,12-13,16H,6-9,11H2,1-2H3,(H,26,31)(H,29,30). The molecular formula is C23H25N5O5. The van der Waals surface area contributed by atoms with Crippen LogP contribution in [-0.4, -0.2) is 63.5 Å². The van der Waals surface area contributed by atoms with Gasteiger partial charge in [0, 0.05) is 43.0 Å². The molecule has 1 saturated heterocycles. The van der Waals surface area contributed by atoms with Gasteiger partial charge in [0.25, 0.3) is 5.91 Å². The fraction of sp³-hybridized carbons (Fsp3) is 0.391. The number of carboxylic acids is 1. The maximum atomic E-state index is 13.2. The number of rotatable bonds is 5. The first-order valence-electron chi connectivity index (χ1n) is 10.8. The van der Waals surface area contributed by atoms with Crippen molar-refractivity contribution in [2.24, 2.45) is 0 Å². The number of hydrogen-bond donors (Lipinski definition) is 2. The van der Waals surface area contributed by atoms with Crippen LogP contribution in [-0.2, 0) is 9.53 Å². The van der Waals surface area contributed by atoms with E-state index < -0.39 is 11.6 Å². The zero-order chi connectivity index (χ0) is 23.2. The van der Waals surface area contributed by atoms with E-state index in [4.69, 9.17) is 9.47 Å². The van der Waals surface area contributed by atoms with Gasteiger partial charge in [0.1, 0.15) is 16.9 Å². The van der Waals surface area contributed by atoms with E-state index in [2.05, 4.69) is 20.3 Å². The molecule has 5 rings (SSSR count). The molecule has 33 heavy (non-hydrogen) atoms. The van der Waals surface area contributed by atoms with E-state index in [0.717, 1.165) is 11.3 Å². The molecule has 1 fully saturated rings. The molecule has 1 unspecified atom stereocenters. The second-order valence-electron chi connectivity index (χ2n) is 8.76. The Morgan fingerprint density at radius 1 is 1.27 bits per heavy atom. The number of ether oxygens (including phenoxy) is 2. The third kappa shape index (κ3) is 3.86. The fourth-order valence-electron chi connectivity index (χ4n) is 4.55. The van der Waals surface area contributed by atoms with Crippen molar-refractivity contribution in [3.8, 4) is 5.75 Å². The number of hydrogen-bond acceptors (Lipinski definition) is 7. The lowest BCUT2D eigenvalue weighted by Crippen LogP contribution is -2.37. The minimum atomic E-state index is -0.879. The molecule has 1 amide bonds. The first kappa shape index (κ1) is 21.2. The van der Waals surface area contributed by atoms with Crippen molar-refractivity contribution < 1.29 is 24.2 Å². The average Bonchev–Trinajstić information content (AvgIpc) is 3.32. The van der Waals surface area contributed by atoms with E-state index in [1.165, 1.54) is 6.20 Å². The SMILES string of the molecule is CC1(C)Oc2cc(NC(=O)c3cnn4cccnc34)c(N3CCOCC3)cc2C1CC(=O)O. The Balaban J connectivity index is 1.55. The largest absolute Gasteiger partial charge is 0.487 e. The number of benzene rings is 1. The van der Waals surface area contributed by atoms with Crippen LogP contribution in [0.3, 0.4) is 0 Å². The molecule has 2 aliphatic rings. The van der Waals surface area contributed by atoms with E-state index in [9.17, 15) is 14.7 Å². The number of amides is 1. The third-order valence-corrected chi connectivity index (χ3v) is 6.22.